The van der Waals surface area contributed by atoms with Crippen molar-refractivity contribution >= 4 is 32.6 Å². The van der Waals surface area contributed by atoms with E-state index in [0.29, 0.717) is 11.2 Å². The lowest BCUT2D eigenvalue weighted by atomic mass is 9.85. The van der Waals surface area contributed by atoms with E-state index in [2.05, 4.69) is 9.88 Å². The summed E-state index contributed by atoms with van der Waals surface area (Å²) in [5.41, 5.74) is 7.39. The van der Waals surface area contributed by atoms with Gasteiger partial charge < -0.3 is 10.6 Å². The topological polar surface area (TPSA) is 59.2 Å². The van der Waals surface area contributed by atoms with Crippen molar-refractivity contribution in [3.63, 3.8) is 0 Å². The molecule has 1 aromatic carbocycles. The van der Waals surface area contributed by atoms with E-state index in [1.54, 1.807) is 0 Å². The van der Waals surface area contributed by atoms with Crippen LogP contribution in [0.5, 0.6) is 0 Å². The molecule has 1 saturated heterocycles. The van der Waals surface area contributed by atoms with Crippen molar-refractivity contribution in [1.29, 1.82) is 0 Å². The summed E-state index contributed by atoms with van der Waals surface area (Å²) >= 11 is 1.44. The number of rotatable bonds is 1. The predicted octanol–water partition coefficient (Wildman–Crippen LogP) is 3.28. The fourth-order valence-corrected chi connectivity index (χ4v) is 4.67. The van der Waals surface area contributed by atoms with Crippen LogP contribution in [0, 0.1) is 5.92 Å². The Bertz CT molecular complexity index is 696. The second-order valence-electron chi connectivity index (χ2n) is 6.13. The second kappa shape index (κ2) is 4.98. The van der Waals surface area contributed by atoms with Crippen molar-refractivity contribution in [1.82, 2.24) is 9.88 Å². The fourth-order valence-electron chi connectivity index (χ4n) is 3.90. The number of carbonyl (C=O) groups excluding carboxylic acids is 1. The Labute approximate surface area is 128 Å². The van der Waals surface area contributed by atoms with E-state index in [4.69, 9.17) is 5.73 Å². The lowest BCUT2D eigenvalue weighted by Gasteiger charge is -2.31. The van der Waals surface area contributed by atoms with Crippen LogP contribution in [0.25, 0.3) is 10.2 Å². The lowest BCUT2D eigenvalue weighted by molar-refractivity contribution is 0.0690. The average molecular weight is 301 g/mol. The summed E-state index contributed by atoms with van der Waals surface area (Å²) in [5.74, 6) is 0.906. The zero-order valence-electron chi connectivity index (χ0n) is 11.9. The number of nitrogen functional groups attached to an aromatic ring is 1. The van der Waals surface area contributed by atoms with Crippen LogP contribution < -0.4 is 5.73 Å². The van der Waals surface area contributed by atoms with Gasteiger partial charge in [0.1, 0.15) is 0 Å². The van der Waals surface area contributed by atoms with E-state index >= 15 is 0 Å². The summed E-state index contributed by atoms with van der Waals surface area (Å²) in [6.07, 6.45) is 6.22. The van der Waals surface area contributed by atoms with Crippen LogP contribution in [0.1, 0.15) is 42.5 Å². The maximum Gasteiger partial charge on any atom is 0.254 e. The number of thiazole rings is 1. The van der Waals surface area contributed by atoms with Gasteiger partial charge in [-0.25, -0.2) is 4.98 Å². The maximum absolute atomic E-state index is 12.8. The van der Waals surface area contributed by atoms with Crippen LogP contribution in [0.15, 0.2) is 18.2 Å². The Hall–Kier alpha value is -1.62. The van der Waals surface area contributed by atoms with Gasteiger partial charge in [-0.1, -0.05) is 24.2 Å². The number of nitrogens with zero attached hydrogens (tertiary/aromatic N) is 2. The van der Waals surface area contributed by atoms with Crippen molar-refractivity contribution in [2.75, 3.05) is 12.3 Å². The van der Waals surface area contributed by atoms with Crippen LogP contribution in [0.4, 0.5) is 5.13 Å². The molecular weight excluding hydrogens is 282 g/mol. The molecule has 2 atom stereocenters. The van der Waals surface area contributed by atoms with Crippen LogP contribution >= 0.6 is 11.3 Å². The van der Waals surface area contributed by atoms with E-state index in [9.17, 15) is 4.79 Å². The molecular formula is C16H19N3OS. The van der Waals surface area contributed by atoms with E-state index in [0.717, 1.165) is 28.2 Å². The Morgan fingerprint density at radius 3 is 3.05 bits per heavy atom. The summed E-state index contributed by atoms with van der Waals surface area (Å²) in [4.78, 5) is 19.2. The van der Waals surface area contributed by atoms with E-state index in [-0.39, 0.29) is 5.91 Å². The summed E-state index contributed by atoms with van der Waals surface area (Å²) < 4.78 is 0.998. The number of hydrogen-bond acceptors (Lipinski definition) is 4. The van der Waals surface area contributed by atoms with E-state index < -0.39 is 0 Å². The van der Waals surface area contributed by atoms with Crippen molar-refractivity contribution in [3.05, 3.63) is 23.8 Å². The Balaban J connectivity index is 1.63. The molecule has 0 bridgehead atoms. The molecule has 2 aromatic rings. The number of fused-ring (bicyclic) bond motifs is 2. The number of nitrogens with two attached hydrogens (primary N) is 1. The van der Waals surface area contributed by atoms with Crippen LogP contribution in [0.3, 0.4) is 0 Å². The molecule has 2 N–H and O–H groups in total. The van der Waals surface area contributed by atoms with E-state index in [1.807, 2.05) is 18.2 Å². The average Bonchev–Trinajstić information content (AvgIpc) is 3.07. The molecule has 4 rings (SSSR count). The summed E-state index contributed by atoms with van der Waals surface area (Å²) in [5, 5.41) is 0.558. The molecule has 1 aliphatic heterocycles. The SMILES string of the molecule is Nc1nc2ccc(C(=O)N3CCC4CCCCC43)cc2s1. The van der Waals surface area contributed by atoms with Crippen LogP contribution in [0.2, 0.25) is 0 Å². The Morgan fingerprint density at radius 2 is 2.14 bits per heavy atom. The number of hydrogen-bond donors (Lipinski definition) is 1. The molecule has 2 unspecified atom stereocenters. The highest BCUT2D eigenvalue weighted by molar-refractivity contribution is 7.22. The Morgan fingerprint density at radius 1 is 1.29 bits per heavy atom. The van der Waals surface area contributed by atoms with Gasteiger partial charge in [0.15, 0.2) is 5.13 Å². The molecule has 0 spiro atoms. The normalized spacial score (nSPS) is 25.2. The van der Waals surface area contributed by atoms with Crippen LogP contribution in [-0.4, -0.2) is 28.4 Å². The summed E-state index contributed by atoms with van der Waals surface area (Å²) in [7, 11) is 0. The second-order valence-corrected chi connectivity index (χ2v) is 7.20. The standard InChI is InChI=1S/C16H19N3OS/c17-16-18-12-6-5-11(9-14(12)21-16)15(20)19-8-7-10-3-1-2-4-13(10)19/h5-6,9-10,13H,1-4,7-8H2,(H2,17,18). The molecule has 1 saturated carbocycles. The smallest absolute Gasteiger partial charge is 0.254 e. The fraction of sp³-hybridized carbons (Fsp3) is 0.500. The summed E-state index contributed by atoms with van der Waals surface area (Å²) in [6, 6.07) is 6.21. The minimum Gasteiger partial charge on any atom is -0.375 e. The molecule has 2 heterocycles. The van der Waals surface area contributed by atoms with Gasteiger partial charge in [0.2, 0.25) is 0 Å². The maximum atomic E-state index is 12.8. The van der Waals surface area contributed by atoms with Crippen molar-refractivity contribution in [2.24, 2.45) is 5.92 Å². The van der Waals surface area contributed by atoms with Gasteiger partial charge in [-0.3, -0.25) is 4.79 Å². The molecule has 0 radical (unpaired) electrons. The largest absolute Gasteiger partial charge is 0.375 e. The van der Waals surface area contributed by atoms with Crippen LogP contribution in [-0.2, 0) is 0 Å². The molecule has 1 aromatic heterocycles. The molecule has 5 heteroatoms. The van der Waals surface area contributed by atoms with Gasteiger partial charge in [0.25, 0.3) is 5.91 Å². The molecule has 4 nitrogen and oxygen atoms in total. The number of amides is 1. The third-order valence-corrected chi connectivity index (χ3v) is 5.77. The van der Waals surface area contributed by atoms with Gasteiger partial charge in [-0.15, -0.1) is 0 Å². The number of benzene rings is 1. The van der Waals surface area contributed by atoms with E-state index in [1.165, 1.54) is 43.4 Å². The number of carbonyl (C=O) groups is 1. The molecule has 2 fully saturated rings. The monoisotopic (exact) mass is 301 g/mol. The molecule has 110 valence electrons. The quantitative estimate of drug-likeness (QED) is 0.879. The number of aromatic nitrogens is 1. The molecule has 21 heavy (non-hydrogen) atoms. The highest BCUT2D eigenvalue weighted by Gasteiger charge is 2.38. The third-order valence-electron chi connectivity index (χ3n) is 4.92. The van der Waals surface area contributed by atoms with Crippen molar-refractivity contribution in [3.8, 4) is 0 Å². The summed E-state index contributed by atoms with van der Waals surface area (Å²) in [6.45, 7) is 0.914. The van der Waals surface area contributed by atoms with Gasteiger partial charge >= 0.3 is 0 Å². The molecule has 1 amide bonds. The van der Waals surface area contributed by atoms with Crippen molar-refractivity contribution < 1.29 is 4.79 Å². The predicted molar refractivity (Wildman–Crippen MR) is 85.4 cm³/mol. The first kappa shape index (κ1) is 13.1. The van der Waals surface area contributed by atoms with Gasteiger partial charge in [-0.2, -0.15) is 0 Å². The third kappa shape index (κ3) is 2.20. The highest BCUT2D eigenvalue weighted by atomic mass is 32.1. The first-order chi connectivity index (χ1) is 10.2. The minimum absolute atomic E-state index is 0.179. The first-order valence-electron chi connectivity index (χ1n) is 7.69. The highest BCUT2D eigenvalue weighted by Crippen LogP contribution is 2.37. The zero-order chi connectivity index (χ0) is 14.4. The van der Waals surface area contributed by atoms with Crippen molar-refractivity contribution in [2.45, 2.75) is 38.1 Å². The molecule has 1 aliphatic carbocycles. The number of likely N-dealkylation sites (tertiary alicyclic amines) is 1. The van der Waals surface area contributed by atoms with Gasteiger partial charge in [-0.05, 0) is 43.4 Å². The van der Waals surface area contributed by atoms with Gasteiger partial charge in [0.05, 0.1) is 10.2 Å². The Kier molecular flexibility index (Phi) is 3.10. The molecule has 2 aliphatic rings. The first-order valence-corrected chi connectivity index (χ1v) is 8.51. The number of anilines is 1. The lowest BCUT2D eigenvalue weighted by Crippen LogP contribution is -2.39. The zero-order valence-corrected chi connectivity index (χ0v) is 12.7. The minimum atomic E-state index is 0.179. The van der Waals surface area contributed by atoms with Gasteiger partial charge in [0, 0.05) is 18.2 Å².